The number of benzene rings is 2. The summed E-state index contributed by atoms with van der Waals surface area (Å²) in [6.45, 7) is 1.94. The van der Waals surface area contributed by atoms with Crippen LogP contribution in [0.1, 0.15) is 6.92 Å². The number of hydrogen-bond acceptors (Lipinski definition) is 2. The van der Waals surface area contributed by atoms with Crippen LogP contribution in [0.2, 0.25) is 15.1 Å². The fourth-order valence-corrected chi connectivity index (χ4v) is 4.44. The molecule has 7 heteroatoms. The number of hydrogen-bond donors (Lipinski definition) is 0. The Kier molecular flexibility index (Phi) is 5.04. The minimum absolute atomic E-state index is 0.0431. The SMILES string of the molecule is CCN(c1ccccc1Cl)S(=O)(=O)c1cc(Cl)ccc1Cl. The van der Waals surface area contributed by atoms with Gasteiger partial charge in [0.1, 0.15) is 4.90 Å². The average Bonchev–Trinajstić information content (AvgIpc) is 2.44. The van der Waals surface area contributed by atoms with Gasteiger partial charge in [0.15, 0.2) is 0 Å². The average molecular weight is 365 g/mol. The fourth-order valence-electron chi connectivity index (χ4n) is 1.92. The Labute approximate surface area is 139 Å². The van der Waals surface area contributed by atoms with Gasteiger partial charge in [-0.3, -0.25) is 4.31 Å². The molecule has 0 amide bonds. The van der Waals surface area contributed by atoms with E-state index in [4.69, 9.17) is 34.8 Å². The third-order valence-electron chi connectivity index (χ3n) is 2.87. The molecule has 0 saturated carbocycles. The van der Waals surface area contributed by atoms with Gasteiger partial charge >= 0.3 is 0 Å². The molecule has 0 aliphatic rings. The molecule has 0 radical (unpaired) electrons. The van der Waals surface area contributed by atoms with Crippen molar-refractivity contribution in [2.45, 2.75) is 11.8 Å². The highest BCUT2D eigenvalue weighted by Crippen LogP contribution is 2.33. The largest absolute Gasteiger partial charge is 0.265 e. The van der Waals surface area contributed by atoms with E-state index in [9.17, 15) is 8.42 Å². The van der Waals surface area contributed by atoms with Crippen molar-refractivity contribution in [3.05, 3.63) is 57.5 Å². The van der Waals surface area contributed by atoms with Gasteiger partial charge in [-0.15, -0.1) is 0 Å². The van der Waals surface area contributed by atoms with Crippen LogP contribution in [0, 0.1) is 0 Å². The second kappa shape index (κ2) is 6.44. The van der Waals surface area contributed by atoms with Gasteiger partial charge in [-0.25, -0.2) is 8.42 Å². The summed E-state index contributed by atoms with van der Waals surface area (Å²) < 4.78 is 26.8. The predicted octanol–water partition coefficient (Wildman–Crippen LogP) is 4.86. The Balaban J connectivity index is 2.61. The molecule has 0 bridgehead atoms. The monoisotopic (exact) mass is 363 g/mol. The first-order valence-corrected chi connectivity index (χ1v) is 8.67. The first-order valence-electron chi connectivity index (χ1n) is 6.10. The maximum Gasteiger partial charge on any atom is 0.265 e. The number of sulfonamides is 1. The molecule has 0 saturated heterocycles. The lowest BCUT2D eigenvalue weighted by atomic mass is 10.3. The van der Waals surface area contributed by atoms with E-state index in [2.05, 4.69) is 0 Å². The van der Waals surface area contributed by atoms with Crippen molar-refractivity contribution in [2.75, 3.05) is 10.8 Å². The van der Waals surface area contributed by atoms with Crippen LogP contribution in [0.25, 0.3) is 0 Å². The summed E-state index contributed by atoms with van der Waals surface area (Å²) >= 11 is 18.0. The topological polar surface area (TPSA) is 37.4 Å². The van der Waals surface area contributed by atoms with E-state index >= 15 is 0 Å². The molecule has 0 spiro atoms. The lowest BCUT2D eigenvalue weighted by Crippen LogP contribution is -2.31. The molecule has 0 aromatic heterocycles. The van der Waals surface area contributed by atoms with E-state index in [1.807, 2.05) is 0 Å². The minimum atomic E-state index is -3.85. The van der Waals surface area contributed by atoms with Crippen LogP contribution in [0.3, 0.4) is 0 Å². The molecule has 112 valence electrons. The Bertz CT molecular complexity index is 763. The highest BCUT2D eigenvalue weighted by Gasteiger charge is 2.27. The molecule has 2 rings (SSSR count). The third kappa shape index (κ3) is 3.29. The molecular formula is C14H12Cl3NO2S. The van der Waals surface area contributed by atoms with Crippen molar-refractivity contribution >= 4 is 50.5 Å². The van der Waals surface area contributed by atoms with Crippen molar-refractivity contribution in [2.24, 2.45) is 0 Å². The fraction of sp³-hybridized carbons (Fsp3) is 0.143. The lowest BCUT2D eigenvalue weighted by molar-refractivity contribution is 0.592. The number of anilines is 1. The van der Waals surface area contributed by atoms with E-state index in [1.165, 1.54) is 22.5 Å². The summed E-state index contributed by atoms with van der Waals surface area (Å²) in [6.07, 6.45) is 0. The Morgan fingerprint density at radius 2 is 1.67 bits per heavy atom. The second-order valence-corrected chi connectivity index (χ2v) is 7.28. The van der Waals surface area contributed by atoms with Gasteiger partial charge in [-0.2, -0.15) is 0 Å². The van der Waals surface area contributed by atoms with E-state index in [0.717, 1.165) is 0 Å². The Hall–Kier alpha value is -0.940. The quantitative estimate of drug-likeness (QED) is 0.776. The van der Waals surface area contributed by atoms with Crippen LogP contribution in [0.5, 0.6) is 0 Å². The van der Waals surface area contributed by atoms with Gasteiger partial charge in [0.05, 0.1) is 15.7 Å². The van der Waals surface area contributed by atoms with Crippen molar-refractivity contribution in [1.82, 2.24) is 0 Å². The summed E-state index contributed by atoms with van der Waals surface area (Å²) in [7, 11) is -3.85. The minimum Gasteiger partial charge on any atom is -0.265 e. The number of rotatable bonds is 4. The smallest absolute Gasteiger partial charge is 0.265 e. The van der Waals surface area contributed by atoms with Crippen molar-refractivity contribution in [1.29, 1.82) is 0 Å². The number of nitrogens with zero attached hydrogens (tertiary/aromatic N) is 1. The standard InChI is InChI=1S/C14H12Cl3NO2S/c1-2-18(13-6-4-3-5-11(13)16)21(19,20)14-9-10(15)7-8-12(14)17/h3-9H,2H2,1H3. The third-order valence-corrected chi connectivity index (χ3v) is 5.79. The summed E-state index contributed by atoms with van der Waals surface area (Å²) in [5.41, 5.74) is 0.401. The molecule has 0 atom stereocenters. The van der Waals surface area contributed by atoms with Gasteiger partial charge in [0.25, 0.3) is 10.0 Å². The first-order chi connectivity index (χ1) is 9.87. The predicted molar refractivity (Wildman–Crippen MR) is 88.1 cm³/mol. The zero-order valence-electron chi connectivity index (χ0n) is 11.1. The summed E-state index contributed by atoms with van der Waals surface area (Å²) in [5.74, 6) is 0. The highest BCUT2D eigenvalue weighted by atomic mass is 35.5. The van der Waals surface area contributed by atoms with Crippen LogP contribution >= 0.6 is 34.8 Å². The van der Waals surface area contributed by atoms with Gasteiger partial charge in [-0.1, -0.05) is 46.9 Å². The molecule has 0 heterocycles. The van der Waals surface area contributed by atoms with Crippen LogP contribution in [-0.2, 0) is 10.0 Å². The summed E-state index contributed by atoms with van der Waals surface area (Å²) in [4.78, 5) is -0.0431. The van der Waals surface area contributed by atoms with Gasteiger partial charge < -0.3 is 0 Å². The Morgan fingerprint density at radius 3 is 2.29 bits per heavy atom. The van der Waals surface area contributed by atoms with Gasteiger partial charge in [0, 0.05) is 11.6 Å². The molecule has 0 aliphatic carbocycles. The van der Waals surface area contributed by atoms with E-state index < -0.39 is 10.0 Å². The van der Waals surface area contributed by atoms with E-state index in [1.54, 1.807) is 31.2 Å². The molecular weight excluding hydrogens is 353 g/mol. The molecule has 0 N–H and O–H groups in total. The maximum atomic E-state index is 12.8. The molecule has 0 fully saturated rings. The molecule has 0 unspecified atom stereocenters. The lowest BCUT2D eigenvalue weighted by Gasteiger charge is -2.24. The molecule has 2 aromatic rings. The van der Waals surface area contributed by atoms with Crippen molar-refractivity contribution in [3.63, 3.8) is 0 Å². The summed E-state index contributed by atoms with van der Waals surface area (Å²) in [5, 5.41) is 0.763. The van der Waals surface area contributed by atoms with E-state index in [0.29, 0.717) is 15.7 Å². The van der Waals surface area contributed by atoms with Gasteiger partial charge in [-0.05, 0) is 37.3 Å². The molecule has 0 aliphatic heterocycles. The molecule has 21 heavy (non-hydrogen) atoms. The normalized spacial score (nSPS) is 11.4. The zero-order valence-corrected chi connectivity index (χ0v) is 14.1. The summed E-state index contributed by atoms with van der Waals surface area (Å²) in [6, 6.07) is 11.1. The molecule has 3 nitrogen and oxygen atoms in total. The van der Waals surface area contributed by atoms with Crippen LogP contribution in [0.15, 0.2) is 47.4 Å². The number of halogens is 3. The van der Waals surface area contributed by atoms with Gasteiger partial charge in [0.2, 0.25) is 0 Å². The number of para-hydroxylation sites is 1. The van der Waals surface area contributed by atoms with Crippen molar-refractivity contribution < 1.29 is 8.42 Å². The first kappa shape index (κ1) is 16.4. The van der Waals surface area contributed by atoms with Crippen molar-refractivity contribution in [3.8, 4) is 0 Å². The van der Waals surface area contributed by atoms with E-state index in [-0.39, 0.29) is 16.5 Å². The zero-order chi connectivity index (χ0) is 15.6. The van der Waals surface area contributed by atoms with Crippen LogP contribution < -0.4 is 4.31 Å². The Morgan fingerprint density at radius 1 is 1.00 bits per heavy atom. The van der Waals surface area contributed by atoms with Crippen LogP contribution in [0.4, 0.5) is 5.69 Å². The van der Waals surface area contributed by atoms with Crippen LogP contribution in [-0.4, -0.2) is 15.0 Å². The highest BCUT2D eigenvalue weighted by molar-refractivity contribution is 7.93. The second-order valence-electron chi connectivity index (χ2n) is 4.20. The molecule has 2 aromatic carbocycles. The maximum absolute atomic E-state index is 12.8.